The summed E-state index contributed by atoms with van der Waals surface area (Å²) in [4.78, 5) is 28.2. The van der Waals surface area contributed by atoms with E-state index in [1.54, 1.807) is 42.5 Å². The van der Waals surface area contributed by atoms with Gasteiger partial charge in [-0.05, 0) is 48.7 Å². The van der Waals surface area contributed by atoms with Gasteiger partial charge in [-0.25, -0.2) is 8.42 Å². The van der Waals surface area contributed by atoms with E-state index in [2.05, 4.69) is 5.32 Å². The lowest BCUT2D eigenvalue weighted by Gasteiger charge is -2.33. The Labute approximate surface area is 218 Å². The zero-order valence-electron chi connectivity index (χ0n) is 21.5. The highest BCUT2D eigenvalue weighted by atomic mass is 32.2. The smallest absolute Gasteiger partial charge is 0.264 e. The zero-order chi connectivity index (χ0) is 27.0. The van der Waals surface area contributed by atoms with Crippen LogP contribution in [0.4, 0.5) is 5.69 Å². The van der Waals surface area contributed by atoms with Crippen LogP contribution in [0.3, 0.4) is 0 Å². The molecule has 2 amide bonds. The number of likely N-dealkylation sites (N-methyl/N-ethyl adjacent to an activating group) is 1. The van der Waals surface area contributed by atoms with Gasteiger partial charge < -0.3 is 15.0 Å². The second-order valence-corrected chi connectivity index (χ2v) is 10.3. The van der Waals surface area contributed by atoms with E-state index >= 15 is 0 Å². The van der Waals surface area contributed by atoms with Gasteiger partial charge in [-0.15, -0.1) is 0 Å². The second-order valence-electron chi connectivity index (χ2n) is 8.48. The van der Waals surface area contributed by atoms with Crippen LogP contribution in [0.1, 0.15) is 24.5 Å². The van der Waals surface area contributed by atoms with E-state index in [1.165, 1.54) is 31.2 Å². The number of rotatable bonds is 11. The third kappa shape index (κ3) is 6.29. The Morgan fingerprint density at radius 3 is 2.19 bits per heavy atom. The van der Waals surface area contributed by atoms with E-state index < -0.39 is 28.5 Å². The van der Waals surface area contributed by atoms with Crippen LogP contribution in [0.2, 0.25) is 0 Å². The highest BCUT2D eigenvalue weighted by molar-refractivity contribution is 7.92. The normalized spacial score (nSPS) is 11.9. The van der Waals surface area contributed by atoms with E-state index in [0.717, 1.165) is 15.4 Å². The Morgan fingerprint density at radius 1 is 0.946 bits per heavy atom. The molecule has 0 aromatic heterocycles. The molecule has 0 aliphatic carbocycles. The van der Waals surface area contributed by atoms with Crippen molar-refractivity contribution in [1.29, 1.82) is 0 Å². The average Bonchev–Trinajstić information content (AvgIpc) is 2.92. The summed E-state index contributed by atoms with van der Waals surface area (Å²) in [6.45, 7) is 3.39. The number of nitrogens with zero attached hydrogens (tertiary/aromatic N) is 2. The van der Waals surface area contributed by atoms with Crippen molar-refractivity contribution in [3.63, 3.8) is 0 Å². The minimum atomic E-state index is -4.15. The van der Waals surface area contributed by atoms with Crippen LogP contribution in [0, 0.1) is 6.92 Å². The van der Waals surface area contributed by atoms with Gasteiger partial charge in [-0.2, -0.15) is 0 Å². The number of anilines is 1. The quantitative estimate of drug-likeness (QED) is 0.413. The average molecular weight is 524 g/mol. The van der Waals surface area contributed by atoms with Gasteiger partial charge in [-0.3, -0.25) is 13.9 Å². The number of amides is 2. The summed E-state index contributed by atoms with van der Waals surface area (Å²) >= 11 is 0. The topological polar surface area (TPSA) is 96.0 Å². The largest absolute Gasteiger partial charge is 0.495 e. The van der Waals surface area contributed by atoms with Gasteiger partial charge in [0.05, 0.1) is 17.7 Å². The molecule has 1 atom stereocenters. The van der Waals surface area contributed by atoms with Gasteiger partial charge in [0.15, 0.2) is 0 Å². The number of para-hydroxylation sites is 2. The van der Waals surface area contributed by atoms with Crippen LogP contribution in [0.5, 0.6) is 5.75 Å². The molecule has 1 N–H and O–H groups in total. The molecule has 0 fully saturated rings. The maximum atomic E-state index is 13.9. The lowest BCUT2D eigenvalue weighted by atomic mass is 10.1. The number of ether oxygens (including phenoxy) is 1. The van der Waals surface area contributed by atoms with Crippen LogP contribution in [0.15, 0.2) is 83.8 Å². The molecule has 0 saturated heterocycles. The summed E-state index contributed by atoms with van der Waals surface area (Å²) in [5.74, 6) is -0.526. The number of benzene rings is 3. The fraction of sp³-hybridized carbons (Fsp3) is 0.286. The first-order valence-corrected chi connectivity index (χ1v) is 13.4. The van der Waals surface area contributed by atoms with Gasteiger partial charge in [0.1, 0.15) is 18.3 Å². The molecule has 3 aromatic carbocycles. The molecule has 8 nitrogen and oxygen atoms in total. The minimum Gasteiger partial charge on any atom is -0.495 e. The molecule has 3 rings (SSSR count). The van der Waals surface area contributed by atoms with Crippen molar-refractivity contribution in [2.45, 2.75) is 37.8 Å². The summed E-state index contributed by atoms with van der Waals surface area (Å²) in [5.41, 5.74) is 2.06. The van der Waals surface area contributed by atoms with E-state index in [1.807, 2.05) is 38.1 Å². The third-order valence-corrected chi connectivity index (χ3v) is 7.97. The van der Waals surface area contributed by atoms with E-state index in [-0.39, 0.29) is 23.0 Å². The summed E-state index contributed by atoms with van der Waals surface area (Å²) in [6, 6.07) is 21.4. The highest BCUT2D eigenvalue weighted by Crippen LogP contribution is 2.32. The zero-order valence-corrected chi connectivity index (χ0v) is 22.4. The lowest BCUT2D eigenvalue weighted by molar-refractivity contribution is -0.140. The monoisotopic (exact) mass is 523 g/mol. The van der Waals surface area contributed by atoms with Crippen molar-refractivity contribution in [1.82, 2.24) is 10.2 Å². The van der Waals surface area contributed by atoms with Crippen LogP contribution < -0.4 is 14.4 Å². The van der Waals surface area contributed by atoms with Crippen molar-refractivity contribution in [3.8, 4) is 5.75 Å². The fourth-order valence-corrected chi connectivity index (χ4v) is 5.57. The molecule has 0 aliphatic rings. The molecule has 9 heteroatoms. The summed E-state index contributed by atoms with van der Waals surface area (Å²) in [7, 11) is -1.19. The number of nitrogens with one attached hydrogen (secondary N) is 1. The van der Waals surface area contributed by atoms with Gasteiger partial charge in [0, 0.05) is 13.6 Å². The minimum absolute atomic E-state index is 0.0394. The molecule has 0 unspecified atom stereocenters. The first-order valence-electron chi connectivity index (χ1n) is 12.0. The predicted molar refractivity (Wildman–Crippen MR) is 144 cm³/mol. The molecule has 0 spiro atoms. The van der Waals surface area contributed by atoms with E-state index in [0.29, 0.717) is 12.2 Å². The Balaban J connectivity index is 2.10. The van der Waals surface area contributed by atoms with Crippen molar-refractivity contribution >= 4 is 27.5 Å². The number of hydrogen-bond acceptors (Lipinski definition) is 5. The SMILES string of the molecule is CC[C@H](C(=O)NC)N(Cc1ccccc1C)C(=O)CN(c1ccccc1OC)S(=O)(=O)c1ccccc1. The first-order chi connectivity index (χ1) is 17.7. The summed E-state index contributed by atoms with van der Waals surface area (Å²) in [5, 5.41) is 2.63. The summed E-state index contributed by atoms with van der Waals surface area (Å²) in [6.07, 6.45) is 0.359. The molecule has 0 aliphatic heterocycles. The molecule has 0 saturated carbocycles. The lowest BCUT2D eigenvalue weighted by Crippen LogP contribution is -2.51. The molecular formula is C28H33N3O5S. The number of carbonyl (C=O) groups is 2. The van der Waals surface area contributed by atoms with Gasteiger partial charge in [0.2, 0.25) is 11.8 Å². The van der Waals surface area contributed by atoms with Gasteiger partial charge >= 0.3 is 0 Å². The molecule has 0 radical (unpaired) electrons. The number of sulfonamides is 1. The van der Waals surface area contributed by atoms with Crippen molar-refractivity contribution in [2.75, 3.05) is 25.0 Å². The van der Waals surface area contributed by atoms with Gasteiger partial charge in [0.25, 0.3) is 10.0 Å². The van der Waals surface area contributed by atoms with Gasteiger partial charge in [-0.1, -0.05) is 61.5 Å². The maximum Gasteiger partial charge on any atom is 0.264 e. The fourth-order valence-electron chi connectivity index (χ4n) is 4.13. The molecule has 37 heavy (non-hydrogen) atoms. The standard InChI is InChI=1S/C28H33N3O5S/c1-5-24(28(33)29-3)30(19-22-14-10-9-13-21(22)2)27(32)20-31(25-17-11-12-18-26(25)36-4)37(34,35)23-15-7-6-8-16-23/h6-18,24H,5,19-20H2,1-4H3,(H,29,33)/t24-/m1/s1. The van der Waals surface area contributed by atoms with Crippen molar-refractivity contribution in [2.24, 2.45) is 0 Å². The highest BCUT2D eigenvalue weighted by Gasteiger charge is 2.34. The van der Waals surface area contributed by atoms with Crippen molar-refractivity contribution in [3.05, 3.63) is 90.0 Å². The van der Waals surface area contributed by atoms with Crippen LogP contribution in [-0.4, -0.2) is 51.9 Å². The Bertz CT molecular complexity index is 1330. The Kier molecular flexibility index (Phi) is 9.30. The number of hydrogen-bond donors (Lipinski definition) is 1. The molecular weight excluding hydrogens is 490 g/mol. The molecule has 0 heterocycles. The van der Waals surface area contributed by atoms with Crippen LogP contribution >= 0.6 is 0 Å². The van der Waals surface area contributed by atoms with Crippen LogP contribution in [0.25, 0.3) is 0 Å². The van der Waals surface area contributed by atoms with E-state index in [4.69, 9.17) is 4.74 Å². The maximum absolute atomic E-state index is 13.9. The van der Waals surface area contributed by atoms with Crippen LogP contribution in [-0.2, 0) is 26.2 Å². The second kappa shape index (κ2) is 12.4. The summed E-state index contributed by atoms with van der Waals surface area (Å²) < 4.78 is 34.1. The van der Waals surface area contributed by atoms with Crippen molar-refractivity contribution < 1.29 is 22.7 Å². The molecule has 0 bridgehead atoms. The number of methoxy groups -OCH3 is 1. The number of carbonyl (C=O) groups excluding carboxylic acids is 2. The van der Waals surface area contributed by atoms with E-state index in [9.17, 15) is 18.0 Å². The first kappa shape index (κ1) is 27.7. The molecule has 3 aromatic rings. The molecule has 196 valence electrons. The predicted octanol–water partition coefficient (Wildman–Crippen LogP) is 3.75. The Morgan fingerprint density at radius 2 is 1.57 bits per heavy atom. The Hall–Kier alpha value is -3.85. The number of aryl methyl sites for hydroxylation is 1. The third-order valence-electron chi connectivity index (χ3n) is 6.20.